The Morgan fingerprint density at radius 3 is 2.56 bits per heavy atom. The fourth-order valence-corrected chi connectivity index (χ4v) is 9.29. The van der Waals surface area contributed by atoms with E-state index in [9.17, 15) is 34.2 Å². The number of allylic oxidation sites excluding steroid dienone is 1. The molecule has 8 atom stereocenters. The number of carbonyl (C=O) groups is 5. The van der Waals surface area contributed by atoms with Crippen LogP contribution in [0.4, 0.5) is 0 Å². The molecule has 0 unspecified atom stereocenters. The van der Waals surface area contributed by atoms with Crippen LogP contribution >= 0.6 is 0 Å². The third-order valence-electron chi connectivity index (χ3n) is 11.5. The van der Waals surface area contributed by atoms with Gasteiger partial charge >= 0.3 is 11.9 Å². The predicted molar refractivity (Wildman–Crippen MR) is 145 cm³/mol. The van der Waals surface area contributed by atoms with Crippen molar-refractivity contribution in [1.82, 2.24) is 4.90 Å². The quantitative estimate of drug-likeness (QED) is 0.438. The van der Waals surface area contributed by atoms with Gasteiger partial charge in [0.1, 0.15) is 11.6 Å². The summed E-state index contributed by atoms with van der Waals surface area (Å²) in [6.45, 7) is 3.86. The molecule has 226 valence electrons. The van der Waals surface area contributed by atoms with E-state index in [1.165, 1.54) is 12.0 Å². The van der Waals surface area contributed by atoms with E-state index in [-0.39, 0.29) is 60.5 Å². The highest BCUT2D eigenvalue weighted by Gasteiger charge is 2.68. The first-order chi connectivity index (χ1) is 19.4. The average Bonchev–Trinajstić information content (AvgIpc) is 3.53. The van der Waals surface area contributed by atoms with Gasteiger partial charge in [-0.3, -0.25) is 19.2 Å². The number of hydrogen-bond donors (Lipinski definition) is 2. The molecule has 41 heavy (non-hydrogen) atoms. The van der Waals surface area contributed by atoms with Crippen molar-refractivity contribution in [2.75, 3.05) is 20.3 Å². The number of methoxy groups -OCH3 is 1. The van der Waals surface area contributed by atoms with Gasteiger partial charge in [0.15, 0.2) is 12.4 Å². The van der Waals surface area contributed by atoms with Gasteiger partial charge in [0.2, 0.25) is 11.7 Å². The minimum Gasteiger partial charge on any atom is -0.467 e. The van der Waals surface area contributed by atoms with Crippen LogP contribution in [0.15, 0.2) is 11.6 Å². The molecule has 0 aromatic carbocycles. The number of amides is 1. The number of likely N-dealkylation sites (tertiary alicyclic amines) is 1. The molecule has 0 radical (unpaired) electrons. The van der Waals surface area contributed by atoms with Gasteiger partial charge in [-0.2, -0.15) is 0 Å². The van der Waals surface area contributed by atoms with Gasteiger partial charge in [-0.05, 0) is 80.6 Å². The van der Waals surface area contributed by atoms with Crippen LogP contribution in [0.3, 0.4) is 0 Å². The topological polar surface area (TPSA) is 148 Å². The lowest BCUT2D eigenvalue weighted by Crippen LogP contribution is -2.62. The summed E-state index contributed by atoms with van der Waals surface area (Å²) in [5.41, 5.74) is -1.74. The summed E-state index contributed by atoms with van der Waals surface area (Å²) in [6.07, 6.45) is 5.75. The first kappa shape index (κ1) is 29.9. The van der Waals surface area contributed by atoms with Crippen molar-refractivity contribution in [3.05, 3.63) is 11.6 Å². The zero-order chi connectivity index (χ0) is 29.7. The van der Waals surface area contributed by atoms with Crippen molar-refractivity contribution < 1.29 is 43.7 Å². The molecule has 0 bridgehead atoms. The number of hydrogen-bond acceptors (Lipinski definition) is 9. The van der Waals surface area contributed by atoms with Crippen LogP contribution in [0.2, 0.25) is 0 Å². The number of fused-ring (bicyclic) bond motifs is 5. The SMILES string of the molecule is COC(=O)[C@@H]1CCCN1C(=O)CCC(=O)OCC(=O)[C@@]1(O)CC[C@@H]2[C@@H]3CCC4=CC(=O)CC[C@]4(C)[C@H]3[C@H](O)C[C@@]21C. The molecule has 1 amide bonds. The number of aliphatic hydroxyl groups is 2. The lowest BCUT2D eigenvalue weighted by molar-refractivity contribution is -0.184. The summed E-state index contributed by atoms with van der Waals surface area (Å²) in [5.74, 6) is -1.87. The van der Waals surface area contributed by atoms with E-state index in [2.05, 4.69) is 6.92 Å². The predicted octanol–water partition coefficient (Wildman–Crippen LogP) is 2.28. The minimum atomic E-state index is -1.73. The summed E-state index contributed by atoms with van der Waals surface area (Å²) in [6, 6.07) is -0.643. The number of ketones is 2. The molecule has 2 N–H and O–H groups in total. The molecule has 4 aliphatic carbocycles. The summed E-state index contributed by atoms with van der Waals surface area (Å²) in [7, 11) is 1.27. The molecule has 1 saturated heterocycles. The summed E-state index contributed by atoms with van der Waals surface area (Å²) in [5, 5.41) is 23.3. The number of carbonyl (C=O) groups excluding carboxylic acids is 5. The normalized spacial score (nSPS) is 39.7. The van der Waals surface area contributed by atoms with Gasteiger partial charge in [0, 0.05) is 24.8 Å². The van der Waals surface area contributed by atoms with E-state index in [4.69, 9.17) is 9.47 Å². The summed E-state index contributed by atoms with van der Waals surface area (Å²) < 4.78 is 9.99. The van der Waals surface area contributed by atoms with Crippen LogP contribution in [-0.4, -0.2) is 82.5 Å². The van der Waals surface area contributed by atoms with Gasteiger partial charge in [0.05, 0.1) is 19.6 Å². The Labute approximate surface area is 240 Å². The van der Waals surface area contributed by atoms with Crippen molar-refractivity contribution in [2.24, 2.45) is 28.6 Å². The van der Waals surface area contributed by atoms with Crippen molar-refractivity contribution in [2.45, 2.75) is 102 Å². The maximum absolute atomic E-state index is 13.4. The Hall–Kier alpha value is -2.59. The molecule has 5 rings (SSSR count). The fraction of sp³-hybridized carbons (Fsp3) is 0.774. The third-order valence-corrected chi connectivity index (χ3v) is 11.5. The van der Waals surface area contributed by atoms with Crippen molar-refractivity contribution >= 4 is 29.4 Å². The van der Waals surface area contributed by atoms with Gasteiger partial charge in [0.25, 0.3) is 0 Å². The van der Waals surface area contributed by atoms with Crippen LogP contribution < -0.4 is 0 Å². The standard InChI is InChI=1S/C31H43NO9/c1-29-12-10-19(33)15-18(29)6-7-20-21-11-13-31(39,30(21,2)16-23(34)27(20)29)24(35)17-41-26(37)9-8-25(36)32-14-4-5-22(32)28(38)40-3/h15,20-23,27,34,39H,4-14,16-17H2,1-3H3/t20-,21+,22-,23+,27+,29-,30-,31-/m0/s1. The number of nitrogens with zero attached hydrogens (tertiary/aromatic N) is 1. The molecule has 0 spiro atoms. The monoisotopic (exact) mass is 573 g/mol. The fourth-order valence-electron chi connectivity index (χ4n) is 9.29. The molecule has 0 aromatic rings. The van der Waals surface area contributed by atoms with Crippen LogP contribution in [-0.2, 0) is 33.4 Å². The first-order valence-electron chi connectivity index (χ1n) is 15.1. The molecular formula is C31H43NO9. The van der Waals surface area contributed by atoms with Crippen molar-refractivity contribution in [1.29, 1.82) is 0 Å². The summed E-state index contributed by atoms with van der Waals surface area (Å²) >= 11 is 0. The van der Waals surface area contributed by atoms with E-state index in [1.54, 1.807) is 6.08 Å². The van der Waals surface area contributed by atoms with Gasteiger partial charge in [-0.15, -0.1) is 0 Å². The van der Waals surface area contributed by atoms with E-state index >= 15 is 0 Å². The molecular weight excluding hydrogens is 530 g/mol. The Morgan fingerprint density at radius 2 is 1.83 bits per heavy atom. The highest BCUT2D eigenvalue weighted by atomic mass is 16.5. The van der Waals surface area contributed by atoms with Gasteiger partial charge in [-0.25, -0.2) is 4.79 Å². The van der Waals surface area contributed by atoms with E-state index < -0.39 is 47.5 Å². The lowest BCUT2D eigenvalue weighted by atomic mass is 9.45. The van der Waals surface area contributed by atoms with Crippen LogP contribution in [0.25, 0.3) is 0 Å². The lowest BCUT2D eigenvalue weighted by Gasteiger charge is -2.60. The van der Waals surface area contributed by atoms with Gasteiger partial charge < -0.3 is 24.6 Å². The van der Waals surface area contributed by atoms with Crippen LogP contribution in [0.1, 0.15) is 84.5 Å². The minimum absolute atomic E-state index is 0.0254. The summed E-state index contributed by atoms with van der Waals surface area (Å²) in [4.78, 5) is 64.0. The van der Waals surface area contributed by atoms with Crippen LogP contribution in [0, 0.1) is 28.6 Å². The zero-order valence-corrected chi connectivity index (χ0v) is 24.4. The molecule has 0 aromatic heterocycles. The van der Waals surface area contributed by atoms with Crippen LogP contribution in [0.5, 0.6) is 0 Å². The Bertz CT molecular complexity index is 1160. The molecule has 5 aliphatic rings. The number of ether oxygens (including phenoxy) is 2. The van der Waals surface area contributed by atoms with E-state index in [1.807, 2.05) is 6.92 Å². The number of aliphatic hydroxyl groups excluding tert-OH is 1. The number of esters is 2. The van der Waals surface area contributed by atoms with Crippen molar-refractivity contribution in [3.63, 3.8) is 0 Å². The smallest absolute Gasteiger partial charge is 0.328 e. The second-order valence-corrected chi connectivity index (χ2v) is 13.3. The molecule has 1 heterocycles. The largest absolute Gasteiger partial charge is 0.467 e. The Morgan fingerprint density at radius 1 is 1.07 bits per heavy atom. The highest BCUT2D eigenvalue weighted by molar-refractivity contribution is 5.92. The molecule has 10 nitrogen and oxygen atoms in total. The molecule has 4 fully saturated rings. The zero-order valence-electron chi connectivity index (χ0n) is 24.4. The number of rotatable bonds is 7. The van der Waals surface area contributed by atoms with E-state index in [0.717, 1.165) is 18.4 Å². The Balaban J connectivity index is 1.20. The molecule has 3 saturated carbocycles. The second kappa shape index (κ2) is 10.9. The Kier molecular flexibility index (Phi) is 7.96. The maximum Gasteiger partial charge on any atom is 0.328 e. The first-order valence-corrected chi connectivity index (χ1v) is 15.1. The third kappa shape index (κ3) is 4.84. The number of Topliss-reactive ketones (excluding diaryl/α,β-unsaturated/α-hetero) is 1. The molecule has 1 aliphatic heterocycles. The van der Waals surface area contributed by atoms with Gasteiger partial charge in [-0.1, -0.05) is 19.4 Å². The van der Waals surface area contributed by atoms with E-state index in [0.29, 0.717) is 38.6 Å². The van der Waals surface area contributed by atoms with Crippen molar-refractivity contribution in [3.8, 4) is 0 Å². The molecule has 10 heteroatoms. The maximum atomic E-state index is 13.4. The average molecular weight is 574 g/mol. The highest BCUT2D eigenvalue weighted by Crippen LogP contribution is 2.67. The second-order valence-electron chi connectivity index (χ2n) is 13.3.